The standard InChI is InChI=1S/C15H18ClNO3/c1-9-7-11(12(16)8-10(9)2)14(18)17-6-4-3-5-13(17)15(19)20/h7-8,13H,3-6H2,1-2H3,(H,19,20). The highest BCUT2D eigenvalue weighted by molar-refractivity contribution is 6.34. The Bertz CT molecular complexity index is 556. The quantitative estimate of drug-likeness (QED) is 0.912. The van der Waals surface area contributed by atoms with Crippen molar-refractivity contribution in [2.24, 2.45) is 0 Å². The van der Waals surface area contributed by atoms with E-state index in [0.29, 0.717) is 23.6 Å². The predicted octanol–water partition coefficient (Wildman–Crippen LogP) is 3.04. The molecule has 0 aliphatic carbocycles. The highest BCUT2D eigenvalue weighted by atomic mass is 35.5. The number of aryl methyl sites for hydroxylation is 2. The first-order valence-corrected chi connectivity index (χ1v) is 7.10. The summed E-state index contributed by atoms with van der Waals surface area (Å²) >= 11 is 6.15. The number of amides is 1. The van der Waals surface area contributed by atoms with Crippen LogP contribution in [-0.2, 0) is 4.79 Å². The molecule has 1 amide bonds. The van der Waals surface area contributed by atoms with Crippen LogP contribution >= 0.6 is 11.6 Å². The third-order valence-corrected chi connectivity index (χ3v) is 4.18. The molecule has 0 saturated carbocycles. The zero-order valence-electron chi connectivity index (χ0n) is 11.6. The molecule has 0 bridgehead atoms. The average molecular weight is 296 g/mol. The summed E-state index contributed by atoms with van der Waals surface area (Å²) in [5.74, 6) is -1.23. The molecule has 1 heterocycles. The van der Waals surface area contributed by atoms with Crippen LogP contribution in [0.25, 0.3) is 0 Å². The van der Waals surface area contributed by atoms with Gasteiger partial charge in [-0.05, 0) is 56.4 Å². The van der Waals surface area contributed by atoms with Crippen LogP contribution in [0.1, 0.15) is 40.7 Å². The van der Waals surface area contributed by atoms with Crippen molar-refractivity contribution in [1.29, 1.82) is 0 Å². The Morgan fingerprint density at radius 1 is 1.25 bits per heavy atom. The Morgan fingerprint density at radius 3 is 2.55 bits per heavy atom. The van der Waals surface area contributed by atoms with Gasteiger partial charge in [-0.2, -0.15) is 0 Å². The zero-order chi connectivity index (χ0) is 14.9. The number of hydrogen-bond acceptors (Lipinski definition) is 2. The second-order valence-electron chi connectivity index (χ2n) is 5.26. The molecule has 0 spiro atoms. The molecule has 1 aliphatic heterocycles. The van der Waals surface area contributed by atoms with Gasteiger partial charge in [0.15, 0.2) is 0 Å². The van der Waals surface area contributed by atoms with Crippen molar-refractivity contribution in [1.82, 2.24) is 4.90 Å². The minimum Gasteiger partial charge on any atom is -0.480 e. The number of piperidine rings is 1. The predicted molar refractivity (Wildman–Crippen MR) is 77.2 cm³/mol. The molecule has 0 radical (unpaired) electrons. The monoisotopic (exact) mass is 295 g/mol. The maximum atomic E-state index is 12.6. The summed E-state index contributed by atoms with van der Waals surface area (Å²) in [7, 11) is 0. The fraction of sp³-hybridized carbons (Fsp3) is 0.467. The normalized spacial score (nSPS) is 18.9. The molecule has 1 aromatic rings. The molecule has 108 valence electrons. The molecular formula is C15H18ClNO3. The summed E-state index contributed by atoms with van der Waals surface area (Å²) in [5, 5.41) is 9.63. The molecule has 1 aliphatic rings. The Kier molecular flexibility index (Phi) is 4.33. The van der Waals surface area contributed by atoms with E-state index in [1.165, 1.54) is 4.90 Å². The fourth-order valence-corrected chi connectivity index (χ4v) is 2.83. The first kappa shape index (κ1) is 14.9. The number of benzene rings is 1. The summed E-state index contributed by atoms with van der Waals surface area (Å²) in [6.45, 7) is 4.31. The number of rotatable bonds is 2. The second-order valence-corrected chi connectivity index (χ2v) is 5.67. The number of hydrogen-bond donors (Lipinski definition) is 1. The number of likely N-dealkylation sites (tertiary alicyclic amines) is 1. The maximum absolute atomic E-state index is 12.6. The summed E-state index contributed by atoms with van der Waals surface area (Å²) in [4.78, 5) is 25.3. The minimum atomic E-state index is -0.946. The lowest BCUT2D eigenvalue weighted by molar-refractivity contribution is -0.143. The first-order chi connectivity index (χ1) is 9.41. The minimum absolute atomic E-state index is 0.287. The smallest absolute Gasteiger partial charge is 0.326 e. The first-order valence-electron chi connectivity index (χ1n) is 6.72. The summed E-state index contributed by atoms with van der Waals surface area (Å²) in [5.41, 5.74) is 2.38. The molecule has 1 N–H and O–H groups in total. The van der Waals surface area contributed by atoms with Crippen molar-refractivity contribution < 1.29 is 14.7 Å². The zero-order valence-corrected chi connectivity index (χ0v) is 12.4. The van der Waals surface area contributed by atoms with Gasteiger partial charge in [-0.1, -0.05) is 11.6 Å². The van der Waals surface area contributed by atoms with Gasteiger partial charge < -0.3 is 10.0 Å². The summed E-state index contributed by atoms with van der Waals surface area (Å²) < 4.78 is 0. The van der Waals surface area contributed by atoms with Crippen LogP contribution in [0.2, 0.25) is 5.02 Å². The molecule has 1 saturated heterocycles. The lowest BCUT2D eigenvalue weighted by atomic mass is 9.99. The van der Waals surface area contributed by atoms with E-state index in [1.807, 2.05) is 13.8 Å². The molecule has 5 heteroatoms. The molecule has 2 rings (SSSR count). The number of halogens is 1. The van der Waals surface area contributed by atoms with Gasteiger partial charge >= 0.3 is 5.97 Å². The van der Waals surface area contributed by atoms with Crippen LogP contribution in [0.5, 0.6) is 0 Å². The third kappa shape index (κ3) is 2.80. The molecular weight excluding hydrogens is 278 g/mol. The molecule has 1 unspecified atom stereocenters. The van der Waals surface area contributed by atoms with E-state index in [2.05, 4.69) is 0 Å². The van der Waals surface area contributed by atoms with Crippen molar-refractivity contribution in [2.75, 3.05) is 6.54 Å². The highest BCUT2D eigenvalue weighted by Gasteiger charge is 2.33. The molecule has 4 nitrogen and oxygen atoms in total. The van der Waals surface area contributed by atoms with E-state index in [1.54, 1.807) is 12.1 Å². The summed E-state index contributed by atoms with van der Waals surface area (Å²) in [6, 6.07) is 2.76. The van der Waals surface area contributed by atoms with Crippen molar-refractivity contribution in [3.05, 3.63) is 33.8 Å². The number of carbonyl (C=O) groups is 2. The van der Waals surface area contributed by atoms with Gasteiger partial charge in [0.2, 0.25) is 0 Å². The lowest BCUT2D eigenvalue weighted by Crippen LogP contribution is -2.48. The summed E-state index contributed by atoms with van der Waals surface area (Å²) in [6.07, 6.45) is 2.17. The third-order valence-electron chi connectivity index (χ3n) is 3.86. The van der Waals surface area contributed by atoms with E-state index < -0.39 is 12.0 Å². The number of nitrogens with zero attached hydrogens (tertiary/aromatic N) is 1. The SMILES string of the molecule is Cc1cc(Cl)c(C(=O)N2CCCCC2C(=O)O)cc1C. The molecule has 1 aromatic carbocycles. The van der Waals surface area contributed by atoms with Gasteiger partial charge in [-0.3, -0.25) is 4.79 Å². The van der Waals surface area contributed by atoms with Gasteiger partial charge in [0.05, 0.1) is 10.6 Å². The van der Waals surface area contributed by atoms with Gasteiger partial charge in [0.25, 0.3) is 5.91 Å². The maximum Gasteiger partial charge on any atom is 0.326 e. The van der Waals surface area contributed by atoms with E-state index in [0.717, 1.165) is 24.0 Å². The Labute approximate surface area is 123 Å². The molecule has 0 aromatic heterocycles. The van der Waals surface area contributed by atoms with Crippen LogP contribution in [0.3, 0.4) is 0 Å². The molecule has 1 atom stereocenters. The van der Waals surface area contributed by atoms with Crippen LogP contribution in [0.4, 0.5) is 0 Å². The van der Waals surface area contributed by atoms with E-state index in [4.69, 9.17) is 11.6 Å². The Morgan fingerprint density at radius 2 is 1.90 bits per heavy atom. The van der Waals surface area contributed by atoms with Crippen LogP contribution in [0.15, 0.2) is 12.1 Å². The van der Waals surface area contributed by atoms with Crippen molar-refractivity contribution in [3.8, 4) is 0 Å². The van der Waals surface area contributed by atoms with Gasteiger partial charge in [-0.25, -0.2) is 4.79 Å². The van der Waals surface area contributed by atoms with Crippen LogP contribution in [-0.4, -0.2) is 34.5 Å². The largest absolute Gasteiger partial charge is 0.480 e. The van der Waals surface area contributed by atoms with Crippen molar-refractivity contribution >= 4 is 23.5 Å². The number of carboxylic acid groups (broad SMARTS) is 1. The Hall–Kier alpha value is -1.55. The number of carboxylic acids is 1. The number of aliphatic carboxylic acids is 1. The van der Waals surface area contributed by atoms with Gasteiger partial charge in [0, 0.05) is 6.54 Å². The van der Waals surface area contributed by atoms with E-state index in [-0.39, 0.29) is 5.91 Å². The van der Waals surface area contributed by atoms with Gasteiger partial charge in [0.1, 0.15) is 6.04 Å². The van der Waals surface area contributed by atoms with Gasteiger partial charge in [-0.15, -0.1) is 0 Å². The fourth-order valence-electron chi connectivity index (χ4n) is 2.53. The highest BCUT2D eigenvalue weighted by Crippen LogP contribution is 2.26. The second kappa shape index (κ2) is 5.83. The van der Waals surface area contributed by atoms with E-state index >= 15 is 0 Å². The molecule has 1 fully saturated rings. The number of carbonyl (C=O) groups excluding carboxylic acids is 1. The topological polar surface area (TPSA) is 57.6 Å². The van der Waals surface area contributed by atoms with Crippen LogP contribution in [0, 0.1) is 13.8 Å². The van der Waals surface area contributed by atoms with E-state index in [9.17, 15) is 14.7 Å². The van der Waals surface area contributed by atoms with Crippen LogP contribution < -0.4 is 0 Å². The average Bonchev–Trinajstić information content (AvgIpc) is 2.42. The Balaban J connectivity index is 2.34. The van der Waals surface area contributed by atoms with Crippen molar-refractivity contribution in [3.63, 3.8) is 0 Å². The van der Waals surface area contributed by atoms with Crippen molar-refractivity contribution in [2.45, 2.75) is 39.2 Å². The lowest BCUT2D eigenvalue weighted by Gasteiger charge is -2.33. The molecule has 20 heavy (non-hydrogen) atoms.